The number of hydrogen-bond acceptors (Lipinski definition) is 4. The van der Waals surface area contributed by atoms with Crippen molar-refractivity contribution in [3.05, 3.63) is 42.0 Å². The molecular weight excluding hydrogens is 280 g/mol. The highest BCUT2D eigenvalue weighted by Gasteiger charge is 2.24. The smallest absolute Gasteiger partial charge is 0.258 e. The predicted molar refractivity (Wildman–Crippen MR) is 84.0 cm³/mol. The summed E-state index contributed by atoms with van der Waals surface area (Å²) in [5.74, 6) is -0.0490. The largest absolute Gasteiger partial charge is 0.496 e. The van der Waals surface area contributed by atoms with Gasteiger partial charge in [0.25, 0.3) is 5.91 Å². The van der Waals surface area contributed by atoms with Gasteiger partial charge in [-0.3, -0.25) is 14.9 Å². The van der Waals surface area contributed by atoms with Crippen LogP contribution in [0.4, 0.5) is 0 Å². The zero-order valence-corrected chi connectivity index (χ0v) is 12.4. The zero-order valence-electron chi connectivity index (χ0n) is 12.4. The van der Waals surface area contributed by atoms with E-state index in [1.165, 1.54) is 0 Å². The fourth-order valence-corrected chi connectivity index (χ4v) is 2.75. The summed E-state index contributed by atoms with van der Waals surface area (Å²) in [6, 6.07) is 10.8. The van der Waals surface area contributed by atoms with Gasteiger partial charge in [0.2, 0.25) is 5.91 Å². The summed E-state index contributed by atoms with van der Waals surface area (Å²) in [5.41, 5.74) is 0.418. The van der Waals surface area contributed by atoms with Gasteiger partial charge in [-0.2, -0.15) is 0 Å². The highest BCUT2D eigenvalue weighted by atomic mass is 16.5. The molecular formula is C17H18N2O3. The van der Waals surface area contributed by atoms with E-state index in [9.17, 15) is 9.59 Å². The molecule has 0 aliphatic carbocycles. The zero-order chi connectivity index (χ0) is 15.5. The average molecular weight is 298 g/mol. The predicted octanol–water partition coefficient (Wildman–Crippen LogP) is 1.86. The van der Waals surface area contributed by atoms with Gasteiger partial charge in [0.1, 0.15) is 5.75 Å². The van der Waals surface area contributed by atoms with Gasteiger partial charge in [0.15, 0.2) is 0 Å². The van der Waals surface area contributed by atoms with Crippen molar-refractivity contribution in [1.29, 1.82) is 0 Å². The van der Waals surface area contributed by atoms with Crippen molar-refractivity contribution in [3.63, 3.8) is 0 Å². The van der Waals surface area contributed by atoms with Crippen LogP contribution in [-0.2, 0) is 4.79 Å². The second-order valence-corrected chi connectivity index (χ2v) is 5.37. The van der Waals surface area contributed by atoms with E-state index in [0.29, 0.717) is 11.3 Å². The second-order valence-electron chi connectivity index (χ2n) is 5.37. The van der Waals surface area contributed by atoms with Crippen LogP contribution < -0.4 is 15.4 Å². The lowest BCUT2D eigenvalue weighted by atomic mass is 10.1. The Kier molecular flexibility index (Phi) is 4.06. The number of ether oxygens (including phenoxy) is 1. The van der Waals surface area contributed by atoms with E-state index >= 15 is 0 Å². The third-order valence-corrected chi connectivity index (χ3v) is 3.92. The van der Waals surface area contributed by atoms with Gasteiger partial charge in [0.05, 0.1) is 13.2 Å². The fraction of sp³-hybridized carbons (Fsp3) is 0.294. The Morgan fingerprint density at radius 3 is 2.82 bits per heavy atom. The second kappa shape index (κ2) is 6.15. The van der Waals surface area contributed by atoms with E-state index < -0.39 is 5.91 Å². The van der Waals surface area contributed by atoms with Gasteiger partial charge in [-0.05, 0) is 36.9 Å². The molecule has 2 amide bonds. The molecule has 5 nitrogen and oxygen atoms in total. The number of hydrogen-bond donors (Lipinski definition) is 2. The molecule has 0 saturated carbocycles. The number of amides is 2. The average Bonchev–Trinajstić information content (AvgIpc) is 3.08. The van der Waals surface area contributed by atoms with Crippen LogP contribution in [0.5, 0.6) is 5.75 Å². The highest BCUT2D eigenvalue weighted by molar-refractivity contribution is 6.08. The van der Waals surface area contributed by atoms with E-state index in [-0.39, 0.29) is 11.9 Å². The normalized spacial score (nSPS) is 17.4. The highest BCUT2D eigenvalue weighted by Crippen LogP contribution is 2.27. The summed E-state index contributed by atoms with van der Waals surface area (Å²) >= 11 is 0. The number of rotatable bonds is 3. The van der Waals surface area contributed by atoms with Crippen molar-refractivity contribution >= 4 is 22.6 Å². The molecule has 0 radical (unpaired) electrons. The summed E-state index contributed by atoms with van der Waals surface area (Å²) in [6.45, 7) is 0.816. The van der Waals surface area contributed by atoms with Gasteiger partial charge in [-0.25, -0.2) is 0 Å². The van der Waals surface area contributed by atoms with Gasteiger partial charge in [-0.15, -0.1) is 0 Å². The number of nitrogens with one attached hydrogen (secondary N) is 2. The van der Waals surface area contributed by atoms with E-state index in [0.717, 1.165) is 30.2 Å². The molecule has 0 bridgehead atoms. The Morgan fingerprint density at radius 1 is 1.27 bits per heavy atom. The Hall–Kier alpha value is -2.40. The monoisotopic (exact) mass is 298 g/mol. The standard InChI is InChI=1S/C17H18N2O3/c1-22-15-10-12(9-11-5-2-3-6-13(11)15)16(20)19-17(21)14-7-4-8-18-14/h2-3,5-6,9-10,14,18H,4,7-8H2,1H3,(H,19,20,21)/t14-/m0/s1. The molecule has 1 fully saturated rings. The molecule has 114 valence electrons. The Balaban J connectivity index is 1.85. The van der Waals surface area contributed by atoms with Crippen LogP contribution in [-0.4, -0.2) is 31.5 Å². The molecule has 0 spiro atoms. The van der Waals surface area contributed by atoms with Gasteiger partial charge in [0, 0.05) is 10.9 Å². The van der Waals surface area contributed by atoms with Crippen LogP contribution in [0.1, 0.15) is 23.2 Å². The maximum absolute atomic E-state index is 12.3. The molecule has 2 N–H and O–H groups in total. The Labute approximate surface area is 128 Å². The minimum Gasteiger partial charge on any atom is -0.496 e. The molecule has 1 saturated heterocycles. The first-order valence-corrected chi connectivity index (χ1v) is 7.34. The first-order chi connectivity index (χ1) is 10.7. The number of fused-ring (bicyclic) bond motifs is 1. The molecule has 0 aromatic heterocycles. The molecule has 3 rings (SSSR count). The van der Waals surface area contributed by atoms with Crippen molar-refractivity contribution in [1.82, 2.24) is 10.6 Å². The molecule has 1 heterocycles. The van der Waals surface area contributed by atoms with Gasteiger partial charge in [-0.1, -0.05) is 24.3 Å². The summed E-state index contributed by atoms with van der Waals surface area (Å²) in [4.78, 5) is 24.3. The van der Waals surface area contributed by atoms with Crippen molar-refractivity contribution in [2.75, 3.05) is 13.7 Å². The third kappa shape index (κ3) is 2.80. The molecule has 22 heavy (non-hydrogen) atoms. The van der Waals surface area contributed by atoms with E-state index in [2.05, 4.69) is 10.6 Å². The Bertz CT molecular complexity index is 721. The summed E-state index contributed by atoms with van der Waals surface area (Å²) in [7, 11) is 1.57. The molecule has 2 aromatic carbocycles. The molecule has 1 aliphatic rings. The number of imide groups is 1. The topological polar surface area (TPSA) is 67.4 Å². The molecule has 2 aromatic rings. The van der Waals surface area contributed by atoms with Crippen LogP contribution in [0.25, 0.3) is 10.8 Å². The number of carbonyl (C=O) groups is 2. The van der Waals surface area contributed by atoms with Crippen LogP contribution in [0.3, 0.4) is 0 Å². The van der Waals surface area contributed by atoms with Crippen molar-refractivity contribution < 1.29 is 14.3 Å². The lowest BCUT2D eigenvalue weighted by molar-refractivity contribution is -0.121. The third-order valence-electron chi connectivity index (χ3n) is 3.92. The van der Waals surface area contributed by atoms with E-state index in [4.69, 9.17) is 4.74 Å². The molecule has 0 unspecified atom stereocenters. The van der Waals surface area contributed by atoms with Gasteiger partial charge < -0.3 is 10.1 Å². The molecule has 1 aliphatic heterocycles. The quantitative estimate of drug-likeness (QED) is 0.849. The van der Waals surface area contributed by atoms with Crippen molar-refractivity contribution in [3.8, 4) is 5.75 Å². The van der Waals surface area contributed by atoms with Crippen LogP contribution in [0.2, 0.25) is 0 Å². The first kappa shape index (κ1) is 14.5. The number of carbonyl (C=O) groups excluding carboxylic acids is 2. The van der Waals surface area contributed by atoms with Crippen LogP contribution in [0.15, 0.2) is 36.4 Å². The Morgan fingerprint density at radius 2 is 2.09 bits per heavy atom. The minimum absolute atomic E-state index is 0.269. The van der Waals surface area contributed by atoms with Crippen LogP contribution >= 0.6 is 0 Å². The number of methoxy groups -OCH3 is 1. The summed E-state index contributed by atoms with van der Waals surface area (Å²) in [5, 5.41) is 7.37. The van der Waals surface area contributed by atoms with E-state index in [1.807, 2.05) is 24.3 Å². The fourth-order valence-electron chi connectivity index (χ4n) is 2.75. The molecule has 1 atom stereocenters. The maximum atomic E-state index is 12.3. The maximum Gasteiger partial charge on any atom is 0.258 e. The first-order valence-electron chi connectivity index (χ1n) is 7.34. The molecule has 5 heteroatoms. The lowest BCUT2D eigenvalue weighted by Gasteiger charge is -2.12. The van der Waals surface area contributed by atoms with E-state index in [1.54, 1.807) is 19.2 Å². The van der Waals surface area contributed by atoms with Crippen LogP contribution in [0, 0.1) is 0 Å². The van der Waals surface area contributed by atoms with Crippen molar-refractivity contribution in [2.45, 2.75) is 18.9 Å². The SMILES string of the molecule is COc1cc(C(=O)NC(=O)[C@@H]2CCCN2)cc2ccccc12. The summed E-state index contributed by atoms with van der Waals surface area (Å²) in [6.07, 6.45) is 1.72. The number of benzene rings is 2. The van der Waals surface area contributed by atoms with Gasteiger partial charge >= 0.3 is 0 Å². The van der Waals surface area contributed by atoms with Crippen molar-refractivity contribution in [2.24, 2.45) is 0 Å². The minimum atomic E-state index is -0.400. The lowest BCUT2D eigenvalue weighted by Crippen LogP contribution is -2.43. The summed E-state index contributed by atoms with van der Waals surface area (Å²) < 4.78 is 5.35.